The molecule has 3 aromatic carbocycles. The van der Waals surface area contributed by atoms with Crippen molar-refractivity contribution in [1.82, 2.24) is 5.32 Å². The van der Waals surface area contributed by atoms with Crippen LogP contribution in [0.4, 0.5) is 0 Å². The third-order valence-electron chi connectivity index (χ3n) is 4.09. The van der Waals surface area contributed by atoms with Gasteiger partial charge in [-0.3, -0.25) is 0 Å². The van der Waals surface area contributed by atoms with Crippen LogP contribution in [0.15, 0.2) is 66.7 Å². The maximum atomic E-state index is 9.30. The van der Waals surface area contributed by atoms with Gasteiger partial charge in [0.05, 0.1) is 0 Å². The van der Waals surface area contributed by atoms with E-state index in [-0.39, 0.29) is 0 Å². The average Bonchev–Trinajstić information content (AvgIpc) is 2.56. The molecular formula is C20H21NO. The van der Waals surface area contributed by atoms with Crippen LogP contribution >= 0.6 is 0 Å². The Morgan fingerprint density at radius 3 is 2.45 bits per heavy atom. The first-order valence-electron chi connectivity index (χ1n) is 7.73. The van der Waals surface area contributed by atoms with E-state index < -0.39 is 0 Å². The van der Waals surface area contributed by atoms with Gasteiger partial charge >= 0.3 is 0 Å². The van der Waals surface area contributed by atoms with E-state index in [1.165, 1.54) is 21.9 Å². The van der Waals surface area contributed by atoms with E-state index in [0.29, 0.717) is 11.8 Å². The minimum atomic E-state index is 0.309. The largest absolute Gasteiger partial charge is 0.508 e. The lowest BCUT2D eigenvalue weighted by Crippen LogP contribution is -2.21. The Morgan fingerprint density at radius 2 is 1.64 bits per heavy atom. The fourth-order valence-corrected chi connectivity index (χ4v) is 2.83. The van der Waals surface area contributed by atoms with Gasteiger partial charge in [0.1, 0.15) is 5.75 Å². The molecule has 0 fully saturated rings. The molecule has 1 atom stereocenters. The van der Waals surface area contributed by atoms with Crippen LogP contribution in [0, 0.1) is 0 Å². The molecule has 3 rings (SSSR count). The SMILES string of the molecule is C[C@H](NCCc1ccc(O)cc1)c1cccc2ccccc12. The zero-order valence-corrected chi connectivity index (χ0v) is 12.8. The number of fused-ring (bicyclic) bond motifs is 1. The average molecular weight is 291 g/mol. The van der Waals surface area contributed by atoms with E-state index >= 15 is 0 Å². The highest BCUT2D eigenvalue weighted by atomic mass is 16.3. The van der Waals surface area contributed by atoms with Crippen molar-refractivity contribution in [2.24, 2.45) is 0 Å². The molecule has 2 heteroatoms. The van der Waals surface area contributed by atoms with Gasteiger partial charge in [-0.05, 0) is 53.9 Å². The molecule has 0 saturated carbocycles. The third kappa shape index (κ3) is 3.29. The second-order valence-electron chi connectivity index (χ2n) is 5.66. The second kappa shape index (κ2) is 6.63. The zero-order chi connectivity index (χ0) is 15.4. The van der Waals surface area contributed by atoms with Crippen LogP contribution in [0.5, 0.6) is 5.75 Å². The van der Waals surface area contributed by atoms with Gasteiger partial charge < -0.3 is 10.4 Å². The van der Waals surface area contributed by atoms with Crippen LogP contribution in [-0.2, 0) is 6.42 Å². The molecule has 22 heavy (non-hydrogen) atoms. The molecule has 0 heterocycles. The first-order valence-corrected chi connectivity index (χ1v) is 7.73. The molecule has 0 bridgehead atoms. The Morgan fingerprint density at radius 1 is 0.909 bits per heavy atom. The lowest BCUT2D eigenvalue weighted by Gasteiger charge is -2.16. The summed E-state index contributed by atoms with van der Waals surface area (Å²) in [5.74, 6) is 0.320. The number of benzene rings is 3. The molecule has 0 aromatic heterocycles. The summed E-state index contributed by atoms with van der Waals surface area (Å²) in [7, 11) is 0. The molecule has 0 amide bonds. The number of rotatable bonds is 5. The van der Waals surface area contributed by atoms with Crippen molar-refractivity contribution in [3.05, 3.63) is 77.9 Å². The summed E-state index contributed by atoms with van der Waals surface area (Å²) in [4.78, 5) is 0. The van der Waals surface area contributed by atoms with E-state index in [2.05, 4.69) is 54.7 Å². The van der Waals surface area contributed by atoms with Gasteiger partial charge in [0, 0.05) is 6.04 Å². The zero-order valence-electron chi connectivity index (χ0n) is 12.8. The maximum absolute atomic E-state index is 9.30. The summed E-state index contributed by atoms with van der Waals surface area (Å²) in [5, 5.41) is 15.5. The Kier molecular flexibility index (Phi) is 4.40. The Hall–Kier alpha value is -2.32. The number of hydrogen-bond acceptors (Lipinski definition) is 2. The first-order chi connectivity index (χ1) is 10.7. The van der Waals surface area contributed by atoms with E-state index in [4.69, 9.17) is 0 Å². The normalized spacial score (nSPS) is 12.4. The van der Waals surface area contributed by atoms with Crippen LogP contribution in [0.1, 0.15) is 24.1 Å². The molecule has 0 unspecified atom stereocenters. The van der Waals surface area contributed by atoms with Crippen LogP contribution < -0.4 is 5.32 Å². The Balaban J connectivity index is 1.66. The minimum absolute atomic E-state index is 0.309. The van der Waals surface area contributed by atoms with E-state index in [1.54, 1.807) is 12.1 Å². The lowest BCUT2D eigenvalue weighted by molar-refractivity contribution is 0.475. The predicted molar refractivity (Wildman–Crippen MR) is 92.2 cm³/mol. The van der Waals surface area contributed by atoms with Crippen molar-refractivity contribution in [2.45, 2.75) is 19.4 Å². The van der Waals surface area contributed by atoms with E-state index in [1.807, 2.05) is 12.1 Å². The van der Waals surface area contributed by atoms with Crippen LogP contribution in [0.2, 0.25) is 0 Å². The van der Waals surface area contributed by atoms with Gasteiger partial charge in [-0.25, -0.2) is 0 Å². The number of phenols is 1. The van der Waals surface area contributed by atoms with Gasteiger partial charge in [-0.15, -0.1) is 0 Å². The van der Waals surface area contributed by atoms with Crippen molar-refractivity contribution >= 4 is 10.8 Å². The highest BCUT2D eigenvalue weighted by molar-refractivity contribution is 5.86. The molecule has 0 aliphatic carbocycles. The Bertz CT molecular complexity index is 744. The summed E-state index contributed by atoms with van der Waals surface area (Å²) < 4.78 is 0. The quantitative estimate of drug-likeness (QED) is 0.728. The highest BCUT2D eigenvalue weighted by Gasteiger charge is 2.08. The molecule has 3 aromatic rings. The standard InChI is InChI=1S/C20H21NO/c1-15(21-14-13-16-9-11-18(22)12-10-16)19-8-4-6-17-5-2-3-7-20(17)19/h2-12,15,21-22H,13-14H2,1H3/t15-/m0/s1. The molecule has 0 aliphatic heterocycles. The number of phenolic OH excluding ortho intramolecular Hbond substituents is 1. The van der Waals surface area contributed by atoms with Gasteiger partial charge in [-0.2, -0.15) is 0 Å². The fourth-order valence-electron chi connectivity index (χ4n) is 2.83. The number of aromatic hydroxyl groups is 1. The molecule has 0 spiro atoms. The molecule has 2 N–H and O–H groups in total. The second-order valence-corrected chi connectivity index (χ2v) is 5.66. The molecular weight excluding hydrogens is 270 g/mol. The monoisotopic (exact) mass is 291 g/mol. The Labute approximate surface area is 131 Å². The van der Waals surface area contributed by atoms with E-state index in [9.17, 15) is 5.11 Å². The topological polar surface area (TPSA) is 32.3 Å². The molecule has 0 radical (unpaired) electrons. The number of nitrogens with one attached hydrogen (secondary N) is 1. The smallest absolute Gasteiger partial charge is 0.115 e. The summed E-state index contributed by atoms with van der Waals surface area (Å²) in [6.07, 6.45) is 0.954. The molecule has 0 saturated heterocycles. The van der Waals surface area contributed by atoms with Gasteiger partial charge in [0.25, 0.3) is 0 Å². The number of hydrogen-bond donors (Lipinski definition) is 2. The fraction of sp³-hybridized carbons (Fsp3) is 0.200. The van der Waals surface area contributed by atoms with Gasteiger partial charge in [0.2, 0.25) is 0 Å². The molecule has 112 valence electrons. The van der Waals surface area contributed by atoms with Crippen molar-refractivity contribution in [1.29, 1.82) is 0 Å². The van der Waals surface area contributed by atoms with Crippen molar-refractivity contribution in [3.8, 4) is 5.75 Å². The molecule has 0 aliphatic rings. The highest BCUT2D eigenvalue weighted by Crippen LogP contribution is 2.24. The van der Waals surface area contributed by atoms with Crippen LogP contribution in [0.25, 0.3) is 10.8 Å². The van der Waals surface area contributed by atoms with Crippen molar-refractivity contribution < 1.29 is 5.11 Å². The minimum Gasteiger partial charge on any atom is -0.508 e. The molecule has 2 nitrogen and oxygen atoms in total. The summed E-state index contributed by atoms with van der Waals surface area (Å²) in [5.41, 5.74) is 2.57. The van der Waals surface area contributed by atoms with Crippen molar-refractivity contribution in [3.63, 3.8) is 0 Å². The van der Waals surface area contributed by atoms with Crippen LogP contribution in [-0.4, -0.2) is 11.7 Å². The van der Waals surface area contributed by atoms with Gasteiger partial charge in [-0.1, -0.05) is 54.6 Å². The summed E-state index contributed by atoms with van der Waals surface area (Å²) in [6, 6.07) is 22.7. The summed E-state index contributed by atoms with van der Waals surface area (Å²) in [6.45, 7) is 3.12. The van der Waals surface area contributed by atoms with Gasteiger partial charge in [0.15, 0.2) is 0 Å². The maximum Gasteiger partial charge on any atom is 0.115 e. The van der Waals surface area contributed by atoms with Crippen LogP contribution in [0.3, 0.4) is 0 Å². The third-order valence-corrected chi connectivity index (χ3v) is 4.09. The van der Waals surface area contributed by atoms with E-state index in [0.717, 1.165) is 13.0 Å². The first kappa shape index (κ1) is 14.6. The summed E-state index contributed by atoms with van der Waals surface area (Å²) >= 11 is 0. The lowest BCUT2D eigenvalue weighted by atomic mass is 9.99. The van der Waals surface area contributed by atoms with Crippen molar-refractivity contribution in [2.75, 3.05) is 6.54 Å². The predicted octanol–water partition coefficient (Wildman–Crippen LogP) is 4.44.